The monoisotopic (exact) mass is 455 g/mol. The average Bonchev–Trinajstić information content (AvgIpc) is 2.80. The van der Waals surface area contributed by atoms with Gasteiger partial charge in [0.2, 0.25) is 0 Å². The molecule has 176 valence electrons. The van der Waals surface area contributed by atoms with E-state index < -0.39 is 0 Å². The third kappa shape index (κ3) is 4.59. The first kappa shape index (κ1) is 23.7. The number of fused-ring (bicyclic) bond motifs is 1. The largest absolute Gasteiger partial charge is 0.508 e. The third-order valence-corrected chi connectivity index (χ3v) is 6.33. The smallest absolute Gasteiger partial charge is 0.116 e. The summed E-state index contributed by atoms with van der Waals surface area (Å²) < 4.78 is 6.12. The van der Waals surface area contributed by atoms with E-state index in [1.54, 1.807) is 31.4 Å². The zero-order chi connectivity index (χ0) is 24.4. The first-order valence-corrected chi connectivity index (χ1v) is 11.8. The lowest BCUT2D eigenvalue weighted by molar-refractivity contribution is 0.138. The van der Waals surface area contributed by atoms with Crippen molar-refractivity contribution < 1.29 is 14.9 Å². The highest BCUT2D eigenvalue weighted by Gasteiger charge is 2.22. The minimum absolute atomic E-state index is 0.231. The van der Waals surface area contributed by atoms with Crippen molar-refractivity contribution in [2.45, 2.75) is 45.9 Å². The summed E-state index contributed by atoms with van der Waals surface area (Å²) in [6, 6.07) is 26.1. The zero-order valence-corrected chi connectivity index (χ0v) is 20.5. The molecule has 0 radical (unpaired) electrons. The van der Waals surface area contributed by atoms with Gasteiger partial charge in [-0.05, 0) is 91.6 Å². The fourth-order valence-electron chi connectivity index (χ4n) is 4.95. The summed E-state index contributed by atoms with van der Waals surface area (Å²) in [7, 11) is 1.73. The minimum atomic E-state index is -0.308. The fourth-order valence-corrected chi connectivity index (χ4v) is 4.95. The number of ether oxygens (including phenoxy) is 1. The van der Waals surface area contributed by atoms with Crippen LogP contribution < -0.4 is 4.90 Å². The average molecular weight is 456 g/mol. The Bertz CT molecular complexity index is 1250. The van der Waals surface area contributed by atoms with Crippen LogP contribution in [0.25, 0.3) is 21.9 Å². The van der Waals surface area contributed by atoms with Gasteiger partial charge in [-0.1, -0.05) is 42.5 Å². The molecular formula is C30H33NO3. The predicted molar refractivity (Wildman–Crippen MR) is 141 cm³/mol. The molecule has 4 rings (SSSR count). The molecule has 0 heterocycles. The van der Waals surface area contributed by atoms with Crippen LogP contribution >= 0.6 is 0 Å². The lowest BCUT2D eigenvalue weighted by Crippen LogP contribution is -2.36. The van der Waals surface area contributed by atoms with E-state index in [1.807, 2.05) is 24.3 Å². The number of phenolic OH excluding ortho intramolecular Hbond substituents is 2. The Labute approximate surface area is 202 Å². The van der Waals surface area contributed by atoms with Crippen LogP contribution in [0.3, 0.4) is 0 Å². The number of benzene rings is 4. The number of nitrogens with zero attached hydrogens (tertiary/aromatic N) is 1. The van der Waals surface area contributed by atoms with Gasteiger partial charge in [-0.2, -0.15) is 0 Å². The molecule has 0 bridgehead atoms. The Morgan fingerprint density at radius 2 is 1.32 bits per heavy atom. The molecule has 4 aromatic carbocycles. The Balaban J connectivity index is 1.87. The molecule has 1 unspecified atom stereocenters. The molecule has 2 N–H and O–H groups in total. The number of hydrogen-bond acceptors (Lipinski definition) is 4. The number of aromatic hydroxyl groups is 2. The van der Waals surface area contributed by atoms with Gasteiger partial charge in [0, 0.05) is 30.4 Å². The molecular weight excluding hydrogens is 422 g/mol. The number of phenols is 2. The topological polar surface area (TPSA) is 52.9 Å². The highest BCUT2D eigenvalue weighted by molar-refractivity contribution is 5.93. The number of hydrogen-bond donors (Lipinski definition) is 2. The lowest BCUT2D eigenvalue weighted by atomic mass is 9.88. The van der Waals surface area contributed by atoms with Crippen molar-refractivity contribution in [2.24, 2.45) is 0 Å². The van der Waals surface area contributed by atoms with Gasteiger partial charge in [-0.3, -0.25) is 0 Å². The van der Waals surface area contributed by atoms with Gasteiger partial charge in [-0.25, -0.2) is 0 Å². The van der Waals surface area contributed by atoms with Crippen LogP contribution in [0.2, 0.25) is 0 Å². The molecule has 4 nitrogen and oxygen atoms in total. The molecule has 0 fully saturated rings. The molecule has 0 aromatic heterocycles. The van der Waals surface area contributed by atoms with Crippen molar-refractivity contribution in [3.8, 4) is 22.6 Å². The van der Waals surface area contributed by atoms with Gasteiger partial charge in [0.1, 0.15) is 17.6 Å². The maximum atomic E-state index is 10.1. The van der Waals surface area contributed by atoms with Crippen molar-refractivity contribution in [1.29, 1.82) is 0 Å². The van der Waals surface area contributed by atoms with E-state index >= 15 is 0 Å². The molecule has 0 saturated carbocycles. The van der Waals surface area contributed by atoms with Gasteiger partial charge in [0.15, 0.2) is 0 Å². The molecule has 4 aromatic rings. The van der Waals surface area contributed by atoms with Crippen molar-refractivity contribution in [2.75, 3.05) is 12.0 Å². The van der Waals surface area contributed by atoms with Crippen molar-refractivity contribution in [3.05, 3.63) is 90.0 Å². The molecule has 4 heteroatoms. The van der Waals surface area contributed by atoms with Gasteiger partial charge in [-0.15, -0.1) is 0 Å². The van der Waals surface area contributed by atoms with E-state index in [-0.39, 0.29) is 17.6 Å². The van der Waals surface area contributed by atoms with Gasteiger partial charge in [0.25, 0.3) is 0 Å². The second kappa shape index (κ2) is 9.78. The number of rotatable bonds is 7. The van der Waals surface area contributed by atoms with E-state index in [0.29, 0.717) is 12.1 Å². The molecule has 34 heavy (non-hydrogen) atoms. The quantitative estimate of drug-likeness (QED) is 0.307. The zero-order valence-electron chi connectivity index (χ0n) is 20.5. The molecule has 0 spiro atoms. The van der Waals surface area contributed by atoms with Crippen LogP contribution in [0.15, 0.2) is 78.9 Å². The first-order valence-electron chi connectivity index (χ1n) is 11.8. The third-order valence-electron chi connectivity index (χ3n) is 6.33. The molecule has 0 aliphatic carbocycles. The Morgan fingerprint density at radius 3 is 1.91 bits per heavy atom. The summed E-state index contributed by atoms with van der Waals surface area (Å²) in [5.74, 6) is 0.464. The predicted octanol–water partition coefficient (Wildman–Crippen LogP) is 7.28. The summed E-state index contributed by atoms with van der Waals surface area (Å²) in [6.45, 7) is 8.84. The Morgan fingerprint density at radius 1 is 0.706 bits per heavy atom. The van der Waals surface area contributed by atoms with Crippen LogP contribution in [-0.2, 0) is 4.74 Å². The van der Waals surface area contributed by atoms with E-state index in [1.165, 1.54) is 5.69 Å². The molecule has 0 aliphatic heterocycles. The maximum Gasteiger partial charge on any atom is 0.116 e. The van der Waals surface area contributed by atoms with E-state index in [2.05, 4.69) is 62.9 Å². The second-order valence-electron chi connectivity index (χ2n) is 9.28. The van der Waals surface area contributed by atoms with Crippen molar-refractivity contribution in [1.82, 2.24) is 0 Å². The molecule has 0 aliphatic rings. The van der Waals surface area contributed by atoms with Gasteiger partial charge >= 0.3 is 0 Å². The summed E-state index contributed by atoms with van der Waals surface area (Å²) in [4.78, 5) is 2.40. The summed E-state index contributed by atoms with van der Waals surface area (Å²) in [6.07, 6.45) is -0.308. The molecule has 1 atom stereocenters. The van der Waals surface area contributed by atoms with Gasteiger partial charge < -0.3 is 19.8 Å². The van der Waals surface area contributed by atoms with Crippen molar-refractivity contribution >= 4 is 16.5 Å². The maximum absolute atomic E-state index is 10.1. The van der Waals surface area contributed by atoms with Crippen LogP contribution in [0.4, 0.5) is 5.69 Å². The van der Waals surface area contributed by atoms with Crippen LogP contribution in [-0.4, -0.2) is 29.4 Å². The normalized spacial score (nSPS) is 12.4. The van der Waals surface area contributed by atoms with Gasteiger partial charge in [0.05, 0.1) is 0 Å². The Hall–Kier alpha value is -3.50. The van der Waals surface area contributed by atoms with E-state index in [0.717, 1.165) is 33.0 Å². The fraction of sp³-hybridized carbons (Fsp3) is 0.267. The summed E-state index contributed by atoms with van der Waals surface area (Å²) in [5.41, 5.74) is 5.29. The van der Waals surface area contributed by atoms with Crippen LogP contribution in [0, 0.1) is 0 Å². The lowest BCUT2D eigenvalue weighted by Gasteiger charge is -2.33. The summed E-state index contributed by atoms with van der Waals surface area (Å²) >= 11 is 0. The van der Waals surface area contributed by atoms with Crippen LogP contribution in [0.1, 0.15) is 44.9 Å². The second-order valence-corrected chi connectivity index (χ2v) is 9.28. The van der Waals surface area contributed by atoms with Crippen LogP contribution in [0.5, 0.6) is 11.5 Å². The number of anilines is 1. The van der Waals surface area contributed by atoms with Crippen molar-refractivity contribution in [3.63, 3.8) is 0 Å². The minimum Gasteiger partial charge on any atom is -0.508 e. The number of methoxy groups -OCH3 is 1. The Kier molecular flexibility index (Phi) is 6.80. The first-order chi connectivity index (χ1) is 16.3. The standard InChI is InChI=1S/C30H33NO3/c1-19(2)31(20(3)4)24-11-6-22(7-12-24)30(34-5)29-27(21-8-13-25(32)14-9-21)16-10-23-18-26(33)15-17-28(23)29/h6-20,30,32-33H,1-5H3. The van der Waals surface area contributed by atoms with E-state index in [4.69, 9.17) is 4.74 Å². The highest BCUT2D eigenvalue weighted by atomic mass is 16.5. The SMILES string of the molecule is COC(c1ccc(N(C(C)C)C(C)C)cc1)c1c(-c2ccc(O)cc2)ccc2cc(O)ccc12. The molecule has 0 amide bonds. The molecule has 0 saturated heterocycles. The van der Waals surface area contributed by atoms with E-state index in [9.17, 15) is 10.2 Å². The highest BCUT2D eigenvalue weighted by Crippen LogP contribution is 2.40. The summed E-state index contributed by atoms with van der Waals surface area (Å²) in [5, 5.41) is 21.8.